The maximum absolute atomic E-state index is 11.1. The van der Waals surface area contributed by atoms with E-state index >= 15 is 0 Å². The van der Waals surface area contributed by atoms with Crippen LogP contribution >= 0.6 is 0 Å². The zero-order valence-electron chi connectivity index (χ0n) is 9.16. The van der Waals surface area contributed by atoms with Crippen LogP contribution in [0.5, 0.6) is 0 Å². The van der Waals surface area contributed by atoms with Crippen molar-refractivity contribution in [1.29, 1.82) is 0 Å². The number of hydrogen-bond acceptors (Lipinski definition) is 2. The van der Waals surface area contributed by atoms with Gasteiger partial charge in [-0.2, -0.15) is 0 Å². The SMILES string of the molecule is C/C=C(/CCO)c1ccc(C(C)=O)cc1. The summed E-state index contributed by atoms with van der Waals surface area (Å²) in [4.78, 5) is 11.1. The largest absolute Gasteiger partial charge is 0.396 e. The monoisotopic (exact) mass is 204 g/mol. The van der Waals surface area contributed by atoms with Crippen LogP contribution in [-0.4, -0.2) is 17.5 Å². The van der Waals surface area contributed by atoms with E-state index in [0.29, 0.717) is 6.42 Å². The molecule has 1 rings (SSSR count). The van der Waals surface area contributed by atoms with E-state index in [1.807, 2.05) is 37.3 Å². The molecule has 0 aliphatic rings. The van der Waals surface area contributed by atoms with E-state index < -0.39 is 0 Å². The van der Waals surface area contributed by atoms with Gasteiger partial charge in [0.1, 0.15) is 0 Å². The van der Waals surface area contributed by atoms with Crippen LogP contribution in [0.3, 0.4) is 0 Å². The number of carbonyl (C=O) groups is 1. The standard InChI is InChI=1S/C13H16O2/c1-3-11(8-9-14)13-6-4-12(5-7-13)10(2)15/h3-7,14H,8-9H2,1-2H3/b11-3-. The highest BCUT2D eigenvalue weighted by atomic mass is 16.2. The second-order valence-corrected chi connectivity index (χ2v) is 3.42. The molecule has 0 aromatic heterocycles. The minimum atomic E-state index is 0.0748. The number of aliphatic hydroxyl groups excluding tert-OH is 1. The van der Waals surface area contributed by atoms with Crippen molar-refractivity contribution >= 4 is 11.4 Å². The molecule has 0 radical (unpaired) electrons. The van der Waals surface area contributed by atoms with Crippen molar-refractivity contribution in [3.05, 3.63) is 41.5 Å². The summed E-state index contributed by atoms with van der Waals surface area (Å²) in [7, 11) is 0. The Morgan fingerprint density at radius 3 is 2.20 bits per heavy atom. The van der Waals surface area contributed by atoms with Gasteiger partial charge in [0.25, 0.3) is 0 Å². The molecule has 0 saturated heterocycles. The van der Waals surface area contributed by atoms with Gasteiger partial charge in [0.05, 0.1) is 0 Å². The molecule has 0 fully saturated rings. The third-order valence-corrected chi connectivity index (χ3v) is 2.39. The fourth-order valence-corrected chi connectivity index (χ4v) is 1.49. The molecular weight excluding hydrogens is 188 g/mol. The Morgan fingerprint density at radius 1 is 1.27 bits per heavy atom. The minimum absolute atomic E-state index is 0.0748. The van der Waals surface area contributed by atoms with Crippen molar-refractivity contribution in [2.45, 2.75) is 20.3 Å². The molecule has 2 heteroatoms. The molecule has 0 aliphatic carbocycles. The molecule has 0 unspecified atom stereocenters. The van der Waals surface area contributed by atoms with E-state index in [9.17, 15) is 4.79 Å². The first-order valence-electron chi connectivity index (χ1n) is 5.06. The van der Waals surface area contributed by atoms with E-state index in [4.69, 9.17) is 5.11 Å². The molecule has 2 nitrogen and oxygen atoms in total. The third kappa shape index (κ3) is 3.03. The molecule has 0 saturated carbocycles. The van der Waals surface area contributed by atoms with Gasteiger partial charge in [0, 0.05) is 12.2 Å². The topological polar surface area (TPSA) is 37.3 Å². The summed E-state index contributed by atoms with van der Waals surface area (Å²) in [5.74, 6) is 0.0748. The number of aliphatic hydroxyl groups is 1. The number of benzene rings is 1. The summed E-state index contributed by atoms with van der Waals surface area (Å²) in [6, 6.07) is 7.47. The van der Waals surface area contributed by atoms with E-state index in [0.717, 1.165) is 16.7 Å². The van der Waals surface area contributed by atoms with E-state index in [2.05, 4.69) is 0 Å². The predicted molar refractivity (Wildman–Crippen MR) is 61.8 cm³/mol. The maximum Gasteiger partial charge on any atom is 0.159 e. The lowest BCUT2D eigenvalue weighted by Crippen LogP contribution is -1.93. The molecule has 1 N–H and O–H groups in total. The molecule has 0 atom stereocenters. The summed E-state index contributed by atoms with van der Waals surface area (Å²) in [5.41, 5.74) is 2.89. The fourth-order valence-electron chi connectivity index (χ4n) is 1.49. The smallest absolute Gasteiger partial charge is 0.159 e. The van der Waals surface area contributed by atoms with Gasteiger partial charge in [-0.05, 0) is 31.4 Å². The first-order chi connectivity index (χ1) is 7.19. The molecular formula is C13H16O2. The van der Waals surface area contributed by atoms with Crippen molar-refractivity contribution in [2.75, 3.05) is 6.61 Å². The summed E-state index contributed by atoms with van der Waals surface area (Å²) in [6.07, 6.45) is 2.63. The van der Waals surface area contributed by atoms with Gasteiger partial charge in [-0.25, -0.2) is 0 Å². The summed E-state index contributed by atoms with van der Waals surface area (Å²) in [6.45, 7) is 3.65. The van der Waals surface area contributed by atoms with Crippen LogP contribution in [0.4, 0.5) is 0 Å². The number of Topliss-reactive ketones (excluding diaryl/α,β-unsaturated/α-hetero) is 1. The average molecular weight is 204 g/mol. The highest BCUT2D eigenvalue weighted by molar-refractivity contribution is 5.94. The zero-order valence-corrected chi connectivity index (χ0v) is 9.16. The lowest BCUT2D eigenvalue weighted by molar-refractivity contribution is 0.101. The van der Waals surface area contributed by atoms with Gasteiger partial charge in [-0.3, -0.25) is 4.79 Å². The lowest BCUT2D eigenvalue weighted by atomic mass is 10.0. The van der Waals surface area contributed by atoms with E-state index in [1.54, 1.807) is 6.92 Å². The highest BCUT2D eigenvalue weighted by Gasteiger charge is 2.02. The van der Waals surface area contributed by atoms with Gasteiger partial charge < -0.3 is 5.11 Å². The molecule has 1 aromatic rings. The Bertz CT molecular complexity index is 361. The molecule has 0 spiro atoms. The maximum atomic E-state index is 11.1. The van der Waals surface area contributed by atoms with E-state index in [1.165, 1.54) is 0 Å². The van der Waals surface area contributed by atoms with Crippen molar-refractivity contribution in [2.24, 2.45) is 0 Å². The lowest BCUT2D eigenvalue weighted by Gasteiger charge is -2.05. The minimum Gasteiger partial charge on any atom is -0.396 e. The van der Waals surface area contributed by atoms with Crippen LogP contribution in [-0.2, 0) is 0 Å². The molecule has 1 aromatic carbocycles. The zero-order chi connectivity index (χ0) is 11.3. The van der Waals surface area contributed by atoms with Crippen molar-refractivity contribution < 1.29 is 9.90 Å². The molecule has 0 heterocycles. The summed E-state index contributed by atoms with van der Waals surface area (Å²) < 4.78 is 0. The normalized spacial score (nSPS) is 11.5. The summed E-state index contributed by atoms with van der Waals surface area (Å²) >= 11 is 0. The number of allylic oxidation sites excluding steroid dienone is 1. The number of rotatable bonds is 4. The van der Waals surface area contributed by atoms with Gasteiger partial charge >= 0.3 is 0 Å². The van der Waals surface area contributed by atoms with Crippen molar-refractivity contribution in [1.82, 2.24) is 0 Å². The first-order valence-corrected chi connectivity index (χ1v) is 5.06. The highest BCUT2D eigenvalue weighted by Crippen LogP contribution is 2.18. The van der Waals surface area contributed by atoms with Crippen LogP contribution in [0, 0.1) is 0 Å². The first kappa shape index (κ1) is 11.7. The molecule has 0 aliphatic heterocycles. The van der Waals surface area contributed by atoms with Crippen LogP contribution in [0.15, 0.2) is 30.3 Å². The second-order valence-electron chi connectivity index (χ2n) is 3.42. The van der Waals surface area contributed by atoms with Crippen LogP contribution in [0.25, 0.3) is 5.57 Å². The molecule has 0 bridgehead atoms. The van der Waals surface area contributed by atoms with E-state index in [-0.39, 0.29) is 12.4 Å². The van der Waals surface area contributed by atoms with Crippen LogP contribution in [0.2, 0.25) is 0 Å². The third-order valence-electron chi connectivity index (χ3n) is 2.39. The van der Waals surface area contributed by atoms with Crippen LogP contribution < -0.4 is 0 Å². The predicted octanol–water partition coefficient (Wildman–Crippen LogP) is 2.67. The van der Waals surface area contributed by atoms with Gasteiger partial charge in [-0.1, -0.05) is 30.3 Å². The quantitative estimate of drug-likeness (QED) is 0.765. The van der Waals surface area contributed by atoms with Gasteiger partial charge in [0.15, 0.2) is 5.78 Å². The molecule has 15 heavy (non-hydrogen) atoms. The second kappa shape index (κ2) is 5.47. The Labute approximate surface area is 90.3 Å². The number of hydrogen-bond donors (Lipinski definition) is 1. The van der Waals surface area contributed by atoms with Crippen molar-refractivity contribution in [3.63, 3.8) is 0 Å². The Hall–Kier alpha value is -1.41. The Balaban J connectivity index is 2.92. The fraction of sp³-hybridized carbons (Fsp3) is 0.308. The Morgan fingerprint density at radius 2 is 1.80 bits per heavy atom. The number of ketones is 1. The number of carbonyl (C=O) groups excluding carboxylic acids is 1. The Kier molecular flexibility index (Phi) is 4.25. The summed E-state index contributed by atoms with van der Waals surface area (Å²) in [5, 5.41) is 8.88. The van der Waals surface area contributed by atoms with Gasteiger partial charge in [0.2, 0.25) is 0 Å². The van der Waals surface area contributed by atoms with Crippen molar-refractivity contribution in [3.8, 4) is 0 Å². The molecule has 0 amide bonds. The molecule has 80 valence electrons. The van der Waals surface area contributed by atoms with Crippen LogP contribution in [0.1, 0.15) is 36.2 Å². The van der Waals surface area contributed by atoms with Gasteiger partial charge in [-0.15, -0.1) is 0 Å². The average Bonchev–Trinajstić information content (AvgIpc) is 2.26.